The minimum Gasteiger partial charge on any atom is -0.304 e. The van der Waals surface area contributed by atoms with Gasteiger partial charge in [0.25, 0.3) is 0 Å². The van der Waals surface area contributed by atoms with Crippen LogP contribution < -0.4 is 5.90 Å². The van der Waals surface area contributed by atoms with E-state index in [-0.39, 0.29) is 0 Å². The standard InChI is InChI=1S/C3H6F3NO/c4-3(5,6)1-2-8-7/h1-2,7H2. The first-order valence-electron chi connectivity index (χ1n) is 1.94. The van der Waals surface area contributed by atoms with Gasteiger partial charge in [0, 0.05) is 0 Å². The molecule has 0 aromatic carbocycles. The average Bonchev–Trinajstić information content (AvgIpc) is 1.59. The van der Waals surface area contributed by atoms with E-state index in [9.17, 15) is 13.2 Å². The first-order chi connectivity index (χ1) is 3.56. The fraction of sp³-hybridized carbons (Fsp3) is 1.00. The van der Waals surface area contributed by atoms with Gasteiger partial charge in [-0.25, -0.2) is 5.90 Å². The molecule has 0 amide bonds. The van der Waals surface area contributed by atoms with Crippen molar-refractivity contribution >= 4 is 0 Å². The van der Waals surface area contributed by atoms with Crippen LogP contribution in [0, 0.1) is 0 Å². The number of alkyl halides is 3. The minimum absolute atomic E-state index is 0.469. The number of halogens is 3. The molecule has 0 aliphatic heterocycles. The maximum Gasteiger partial charge on any atom is 0.391 e. The normalized spacial score (nSPS) is 12.0. The van der Waals surface area contributed by atoms with Gasteiger partial charge in [-0.05, 0) is 0 Å². The van der Waals surface area contributed by atoms with Crippen LogP contribution in [-0.2, 0) is 4.84 Å². The second-order valence-electron chi connectivity index (χ2n) is 1.24. The van der Waals surface area contributed by atoms with Crippen LogP contribution in [-0.4, -0.2) is 12.8 Å². The molecule has 0 aliphatic carbocycles. The Hall–Kier alpha value is -0.290. The average molecular weight is 129 g/mol. The number of rotatable bonds is 2. The zero-order valence-electron chi connectivity index (χ0n) is 4.03. The van der Waals surface area contributed by atoms with Gasteiger partial charge in [-0.3, -0.25) is 0 Å². The van der Waals surface area contributed by atoms with E-state index in [0.717, 1.165) is 0 Å². The Morgan fingerprint density at radius 1 is 1.38 bits per heavy atom. The van der Waals surface area contributed by atoms with Crippen LogP contribution in [0.2, 0.25) is 0 Å². The molecule has 0 saturated heterocycles. The fourth-order valence-electron chi connectivity index (χ4n) is 0.175. The number of nitrogens with two attached hydrogens (primary N) is 1. The zero-order valence-corrected chi connectivity index (χ0v) is 4.03. The van der Waals surface area contributed by atoms with Gasteiger partial charge in [-0.1, -0.05) is 0 Å². The molecule has 2 N–H and O–H groups in total. The highest BCUT2D eigenvalue weighted by Crippen LogP contribution is 2.18. The monoisotopic (exact) mass is 129 g/mol. The van der Waals surface area contributed by atoms with Gasteiger partial charge in [0.05, 0.1) is 13.0 Å². The molecule has 0 aromatic heterocycles. The molecule has 0 spiro atoms. The quantitative estimate of drug-likeness (QED) is 0.560. The molecule has 0 rings (SSSR count). The maximum absolute atomic E-state index is 11.1. The predicted molar refractivity (Wildman–Crippen MR) is 20.8 cm³/mol. The molecule has 0 bridgehead atoms. The first-order valence-corrected chi connectivity index (χ1v) is 1.94. The van der Waals surface area contributed by atoms with E-state index in [0.29, 0.717) is 0 Å². The Kier molecular flexibility index (Phi) is 2.78. The van der Waals surface area contributed by atoms with Crippen molar-refractivity contribution in [3.8, 4) is 0 Å². The lowest BCUT2D eigenvalue weighted by Gasteiger charge is -2.02. The summed E-state index contributed by atoms with van der Waals surface area (Å²) in [5.74, 6) is 4.34. The Morgan fingerprint density at radius 3 is 2.00 bits per heavy atom. The lowest BCUT2D eigenvalue weighted by atomic mass is 10.5. The molecule has 0 heterocycles. The molecule has 50 valence electrons. The second-order valence-corrected chi connectivity index (χ2v) is 1.24. The van der Waals surface area contributed by atoms with Crippen molar-refractivity contribution in [1.29, 1.82) is 0 Å². The summed E-state index contributed by atoms with van der Waals surface area (Å²) < 4.78 is 33.3. The molecule has 0 radical (unpaired) electrons. The van der Waals surface area contributed by atoms with Crippen molar-refractivity contribution in [3.05, 3.63) is 0 Å². The summed E-state index contributed by atoms with van der Waals surface area (Å²) in [4.78, 5) is 3.70. The van der Waals surface area contributed by atoms with Gasteiger partial charge in [-0.2, -0.15) is 13.2 Å². The van der Waals surface area contributed by atoms with E-state index >= 15 is 0 Å². The molecule has 0 saturated carbocycles. The van der Waals surface area contributed by atoms with E-state index in [4.69, 9.17) is 0 Å². The highest BCUT2D eigenvalue weighted by molar-refractivity contribution is 4.46. The van der Waals surface area contributed by atoms with E-state index in [1.165, 1.54) is 0 Å². The van der Waals surface area contributed by atoms with Crippen molar-refractivity contribution in [1.82, 2.24) is 0 Å². The van der Waals surface area contributed by atoms with Crippen molar-refractivity contribution in [2.45, 2.75) is 12.6 Å². The third-order valence-electron chi connectivity index (χ3n) is 0.503. The summed E-state index contributed by atoms with van der Waals surface area (Å²) in [5.41, 5.74) is 0. The molecule has 0 atom stereocenters. The Labute approximate surface area is 44.4 Å². The van der Waals surface area contributed by atoms with Gasteiger partial charge in [0.2, 0.25) is 0 Å². The van der Waals surface area contributed by atoms with Gasteiger partial charge >= 0.3 is 6.18 Å². The van der Waals surface area contributed by atoms with Gasteiger partial charge < -0.3 is 4.84 Å². The molecular formula is C3H6F3NO. The topological polar surface area (TPSA) is 35.2 Å². The summed E-state index contributed by atoms with van der Waals surface area (Å²) in [7, 11) is 0. The van der Waals surface area contributed by atoms with Crippen molar-refractivity contribution in [3.63, 3.8) is 0 Å². The van der Waals surface area contributed by atoms with Crippen LogP contribution in [0.3, 0.4) is 0 Å². The summed E-state index contributed by atoms with van der Waals surface area (Å²) in [6, 6.07) is 0. The van der Waals surface area contributed by atoms with E-state index in [1.54, 1.807) is 0 Å². The zero-order chi connectivity index (χ0) is 6.62. The molecule has 0 fully saturated rings. The summed E-state index contributed by atoms with van der Waals surface area (Å²) in [5, 5.41) is 0. The van der Waals surface area contributed by atoms with Crippen LogP contribution in [0.5, 0.6) is 0 Å². The third-order valence-corrected chi connectivity index (χ3v) is 0.503. The van der Waals surface area contributed by atoms with E-state index < -0.39 is 19.2 Å². The smallest absolute Gasteiger partial charge is 0.304 e. The van der Waals surface area contributed by atoms with Crippen LogP contribution in [0.4, 0.5) is 13.2 Å². The molecule has 0 aromatic rings. The summed E-state index contributed by atoms with van der Waals surface area (Å²) >= 11 is 0. The molecular weight excluding hydrogens is 123 g/mol. The second kappa shape index (κ2) is 2.88. The van der Waals surface area contributed by atoms with E-state index in [2.05, 4.69) is 10.7 Å². The lowest BCUT2D eigenvalue weighted by Crippen LogP contribution is -2.13. The summed E-state index contributed by atoms with van der Waals surface area (Å²) in [6.07, 6.45) is -5.14. The maximum atomic E-state index is 11.1. The molecule has 5 heteroatoms. The van der Waals surface area contributed by atoms with Gasteiger partial charge in [-0.15, -0.1) is 0 Å². The molecule has 0 aliphatic rings. The SMILES string of the molecule is NOCCC(F)(F)F. The molecule has 8 heavy (non-hydrogen) atoms. The van der Waals surface area contributed by atoms with Gasteiger partial charge in [0.1, 0.15) is 0 Å². The molecule has 0 unspecified atom stereocenters. The first kappa shape index (κ1) is 7.71. The summed E-state index contributed by atoms with van der Waals surface area (Å²) in [6.45, 7) is -0.469. The van der Waals surface area contributed by atoms with Gasteiger partial charge in [0.15, 0.2) is 0 Å². The highest BCUT2D eigenvalue weighted by atomic mass is 19.4. The van der Waals surface area contributed by atoms with Crippen LogP contribution in [0.1, 0.15) is 6.42 Å². The fourth-order valence-corrected chi connectivity index (χ4v) is 0.175. The van der Waals surface area contributed by atoms with Crippen LogP contribution in [0.25, 0.3) is 0 Å². The Balaban J connectivity index is 3.11. The Morgan fingerprint density at radius 2 is 1.88 bits per heavy atom. The van der Waals surface area contributed by atoms with Crippen molar-refractivity contribution in [2.75, 3.05) is 6.61 Å². The predicted octanol–water partition coefficient (Wildman–Crippen LogP) is 0.829. The number of hydrogen-bond donors (Lipinski definition) is 1. The Bertz CT molecular complexity index is 62.0. The third kappa shape index (κ3) is 5.71. The highest BCUT2D eigenvalue weighted by Gasteiger charge is 2.26. The van der Waals surface area contributed by atoms with E-state index in [1.807, 2.05) is 0 Å². The lowest BCUT2D eigenvalue weighted by molar-refractivity contribution is -0.145. The van der Waals surface area contributed by atoms with Crippen molar-refractivity contribution in [2.24, 2.45) is 5.90 Å². The van der Waals surface area contributed by atoms with Crippen LogP contribution >= 0.6 is 0 Å². The largest absolute Gasteiger partial charge is 0.391 e. The van der Waals surface area contributed by atoms with Crippen LogP contribution in [0.15, 0.2) is 0 Å². The van der Waals surface area contributed by atoms with Crippen molar-refractivity contribution < 1.29 is 18.0 Å². The molecule has 2 nitrogen and oxygen atoms in total. The number of hydrogen-bond acceptors (Lipinski definition) is 2. The minimum atomic E-state index is -4.15.